The number of hydrogen-bond acceptors (Lipinski definition) is 6. The van der Waals surface area contributed by atoms with Crippen LogP contribution in [0.2, 0.25) is 10.0 Å². The fraction of sp³-hybridized carbons (Fsp3) is 0.200. The molecule has 0 unspecified atom stereocenters. The minimum Gasteiger partial charge on any atom is -0.503 e. The normalized spacial score (nSPS) is 10.8. The van der Waals surface area contributed by atoms with Gasteiger partial charge in [0.2, 0.25) is 0 Å². The van der Waals surface area contributed by atoms with Crippen molar-refractivity contribution in [3.63, 3.8) is 0 Å². The highest BCUT2D eigenvalue weighted by Gasteiger charge is 2.17. The van der Waals surface area contributed by atoms with Crippen LogP contribution in [0, 0.1) is 11.3 Å². The van der Waals surface area contributed by atoms with E-state index in [0.29, 0.717) is 11.3 Å². The van der Waals surface area contributed by atoms with Crippen LogP contribution < -0.4 is 9.47 Å². The maximum absolute atomic E-state index is 12.1. The van der Waals surface area contributed by atoms with Gasteiger partial charge in [-0.05, 0) is 11.1 Å². The molecule has 0 N–H and O–H groups in total. The van der Waals surface area contributed by atoms with Crippen molar-refractivity contribution in [1.82, 2.24) is 0 Å². The van der Waals surface area contributed by atoms with E-state index in [1.807, 2.05) is 18.2 Å². The quantitative estimate of drug-likeness (QED) is 0.351. The number of nitriles is 1. The van der Waals surface area contributed by atoms with E-state index < -0.39 is 5.97 Å². The number of benzene rings is 2. The molecule has 0 aliphatic rings. The average Bonchev–Trinajstić information content (AvgIpc) is 2.69. The van der Waals surface area contributed by atoms with Crippen LogP contribution in [0.4, 0.5) is 0 Å². The molecule has 0 fully saturated rings. The summed E-state index contributed by atoms with van der Waals surface area (Å²) >= 11 is 12.3. The lowest BCUT2D eigenvalue weighted by Gasteiger charge is -2.14. The molecule has 0 bridgehead atoms. The minimum atomic E-state index is -0.528. The summed E-state index contributed by atoms with van der Waals surface area (Å²) in [4.78, 5) is 12.1. The first kappa shape index (κ1) is 21.4. The van der Waals surface area contributed by atoms with Gasteiger partial charge in [0, 0.05) is 12.1 Å². The Kier molecular flexibility index (Phi) is 8.00. The van der Waals surface area contributed by atoms with E-state index in [-0.39, 0.29) is 34.6 Å². The summed E-state index contributed by atoms with van der Waals surface area (Å²) in [7, 11) is 2.74. The zero-order valence-corrected chi connectivity index (χ0v) is 16.7. The molecule has 0 saturated heterocycles. The second-order valence-electron chi connectivity index (χ2n) is 5.37. The van der Waals surface area contributed by atoms with Crippen molar-refractivity contribution < 1.29 is 23.7 Å². The van der Waals surface area contributed by atoms with Gasteiger partial charge in [0.1, 0.15) is 24.0 Å². The molecule has 0 radical (unpaired) electrons. The standard InChI is InChI=1S/C20H17Cl2NO5/c1-25-12-16(20(24)26-2)15-6-4-3-5-13(15)11-28-14-9-17(21)19(18(22)10-14)27-8-7-23/h3-6,9-10,12H,8,11H2,1-2H3. The number of hydrogen-bond donors (Lipinski definition) is 0. The van der Waals surface area contributed by atoms with Gasteiger partial charge in [-0.15, -0.1) is 0 Å². The number of carbonyl (C=O) groups excluding carboxylic acids is 1. The van der Waals surface area contributed by atoms with Gasteiger partial charge in [-0.2, -0.15) is 5.26 Å². The van der Waals surface area contributed by atoms with Gasteiger partial charge in [-0.25, -0.2) is 4.79 Å². The molecule has 2 aromatic rings. The highest BCUT2D eigenvalue weighted by atomic mass is 35.5. The van der Waals surface area contributed by atoms with Crippen molar-refractivity contribution in [2.75, 3.05) is 20.8 Å². The molecular weight excluding hydrogens is 405 g/mol. The number of esters is 1. The molecular formula is C20H17Cl2NO5. The molecule has 0 aliphatic heterocycles. The summed E-state index contributed by atoms with van der Waals surface area (Å²) in [5.74, 6) is 0.0949. The number of carbonyl (C=O) groups is 1. The first-order valence-electron chi connectivity index (χ1n) is 8.03. The van der Waals surface area contributed by atoms with Crippen LogP contribution in [-0.4, -0.2) is 26.8 Å². The van der Waals surface area contributed by atoms with Crippen molar-refractivity contribution in [1.29, 1.82) is 5.26 Å². The summed E-state index contributed by atoms with van der Waals surface area (Å²) < 4.78 is 20.8. The third-order valence-corrected chi connectivity index (χ3v) is 4.16. The van der Waals surface area contributed by atoms with Gasteiger partial charge in [0.25, 0.3) is 0 Å². The lowest BCUT2D eigenvalue weighted by atomic mass is 10.0. The SMILES string of the molecule is COC=C(C(=O)OC)c1ccccc1COc1cc(Cl)c(OCC#N)c(Cl)c1. The molecule has 28 heavy (non-hydrogen) atoms. The van der Waals surface area contributed by atoms with Gasteiger partial charge in [-0.3, -0.25) is 0 Å². The minimum absolute atomic E-state index is 0.138. The zero-order chi connectivity index (χ0) is 20.5. The Morgan fingerprint density at radius 2 is 1.82 bits per heavy atom. The van der Waals surface area contributed by atoms with Crippen LogP contribution in [0.3, 0.4) is 0 Å². The van der Waals surface area contributed by atoms with Gasteiger partial charge in [0.15, 0.2) is 12.4 Å². The van der Waals surface area contributed by atoms with Crippen LogP contribution in [0.5, 0.6) is 11.5 Å². The maximum Gasteiger partial charge on any atom is 0.341 e. The monoisotopic (exact) mass is 421 g/mol. The molecule has 0 atom stereocenters. The Bertz CT molecular complexity index is 898. The molecule has 2 rings (SSSR count). The first-order valence-corrected chi connectivity index (χ1v) is 8.78. The molecule has 0 aliphatic carbocycles. The summed E-state index contributed by atoms with van der Waals surface area (Å²) in [6.07, 6.45) is 1.32. The second-order valence-corrected chi connectivity index (χ2v) is 6.18. The molecule has 0 aromatic heterocycles. The topological polar surface area (TPSA) is 77.8 Å². The molecule has 6 nitrogen and oxygen atoms in total. The zero-order valence-electron chi connectivity index (χ0n) is 15.2. The van der Waals surface area contributed by atoms with Crippen LogP contribution in [0.15, 0.2) is 42.7 Å². The fourth-order valence-electron chi connectivity index (χ4n) is 2.38. The van der Waals surface area contributed by atoms with Crippen LogP contribution in [0.1, 0.15) is 11.1 Å². The van der Waals surface area contributed by atoms with Gasteiger partial charge in [0.05, 0.1) is 30.5 Å². The van der Waals surface area contributed by atoms with Crippen LogP contribution in [-0.2, 0) is 20.9 Å². The van der Waals surface area contributed by atoms with Crippen molar-refractivity contribution in [3.05, 3.63) is 63.8 Å². The largest absolute Gasteiger partial charge is 0.503 e. The van der Waals surface area contributed by atoms with Crippen LogP contribution >= 0.6 is 23.2 Å². The molecule has 0 amide bonds. The lowest BCUT2D eigenvalue weighted by Crippen LogP contribution is -2.08. The summed E-state index contributed by atoms with van der Waals surface area (Å²) in [6, 6.07) is 12.1. The Morgan fingerprint density at radius 1 is 1.14 bits per heavy atom. The molecule has 146 valence electrons. The third-order valence-electron chi connectivity index (χ3n) is 3.60. The van der Waals surface area contributed by atoms with Crippen molar-refractivity contribution in [2.24, 2.45) is 0 Å². The van der Waals surface area contributed by atoms with Crippen molar-refractivity contribution >= 4 is 34.7 Å². The highest BCUT2D eigenvalue weighted by Crippen LogP contribution is 2.37. The average molecular weight is 422 g/mol. The Hall–Kier alpha value is -2.88. The summed E-state index contributed by atoms with van der Waals surface area (Å²) in [6.45, 7) is -0.0333. The van der Waals surface area contributed by atoms with E-state index in [4.69, 9.17) is 47.4 Å². The van der Waals surface area contributed by atoms with Gasteiger partial charge >= 0.3 is 5.97 Å². The predicted octanol–water partition coefficient (Wildman–Crippen LogP) is 4.64. The number of halogens is 2. The smallest absolute Gasteiger partial charge is 0.341 e. The van der Waals surface area contributed by atoms with E-state index in [2.05, 4.69) is 0 Å². The Morgan fingerprint density at radius 3 is 2.43 bits per heavy atom. The third kappa shape index (κ3) is 5.32. The van der Waals surface area contributed by atoms with E-state index >= 15 is 0 Å². The molecule has 8 heteroatoms. The van der Waals surface area contributed by atoms with Crippen molar-refractivity contribution in [3.8, 4) is 17.6 Å². The molecule has 2 aromatic carbocycles. The van der Waals surface area contributed by atoms with Crippen molar-refractivity contribution in [2.45, 2.75) is 6.61 Å². The summed E-state index contributed by atoms with van der Waals surface area (Å²) in [5.41, 5.74) is 1.61. The molecule has 0 heterocycles. The van der Waals surface area contributed by atoms with Gasteiger partial charge < -0.3 is 18.9 Å². The first-order chi connectivity index (χ1) is 13.5. The fourth-order valence-corrected chi connectivity index (χ4v) is 2.96. The Balaban J connectivity index is 2.25. The number of rotatable bonds is 8. The predicted molar refractivity (Wildman–Crippen MR) is 105 cm³/mol. The summed E-state index contributed by atoms with van der Waals surface area (Å²) in [5, 5.41) is 9.05. The maximum atomic E-state index is 12.1. The number of ether oxygens (including phenoxy) is 4. The molecule has 0 saturated carbocycles. The number of nitrogens with zero attached hydrogens (tertiary/aromatic N) is 1. The highest BCUT2D eigenvalue weighted by molar-refractivity contribution is 6.37. The van der Waals surface area contributed by atoms with E-state index in [9.17, 15) is 4.79 Å². The van der Waals surface area contributed by atoms with E-state index in [0.717, 1.165) is 5.56 Å². The van der Waals surface area contributed by atoms with Gasteiger partial charge in [-0.1, -0.05) is 47.5 Å². The second kappa shape index (κ2) is 10.5. The van der Waals surface area contributed by atoms with Crippen LogP contribution in [0.25, 0.3) is 5.57 Å². The molecule has 0 spiro atoms. The van der Waals surface area contributed by atoms with E-state index in [1.54, 1.807) is 12.1 Å². The Labute approximate surface area is 172 Å². The number of methoxy groups -OCH3 is 2. The lowest BCUT2D eigenvalue weighted by molar-refractivity contribution is -0.133. The van der Waals surface area contributed by atoms with E-state index in [1.165, 1.54) is 32.6 Å².